The van der Waals surface area contributed by atoms with Gasteiger partial charge in [0.05, 0.1) is 28.6 Å². The average molecular weight is 501 g/mol. The van der Waals surface area contributed by atoms with Crippen LogP contribution in [0.15, 0.2) is 42.7 Å². The van der Waals surface area contributed by atoms with Gasteiger partial charge in [0, 0.05) is 25.9 Å². The van der Waals surface area contributed by atoms with Crippen LogP contribution in [0.3, 0.4) is 0 Å². The summed E-state index contributed by atoms with van der Waals surface area (Å²) in [5, 5.41) is 13.5. The highest BCUT2D eigenvalue weighted by atomic mass is 35.5. The number of likely N-dealkylation sites (N-methyl/N-ethyl adjacent to an activating group) is 1. The number of aliphatic hydroxyl groups excluding tert-OH is 1. The van der Waals surface area contributed by atoms with Gasteiger partial charge in [-0.25, -0.2) is 9.97 Å². The number of benzene rings is 2. The molecule has 186 valence electrons. The van der Waals surface area contributed by atoms with Gasteiger partial charge >= 0.3 is 0 Å². The van der Waals surface area contributed by atoms with Crippen LogP contribution in [-0.2, 0) is 9.53 Å². The van der Waals surface area contributed by atoms with Gasteiger partial charge in [0.1, 0.15) is 30.3 Å². The van der Waals surface area contributed by atoms with Gasteiger partial charge < -0.3 is 29.5 Å². The van der Waals surface area contributed by atoms with E-state index in [1.165, 1.54) is 11.2 Å². The number of hydrogen-bond donors (Lipinski definition) is 2. The third kappa shape index (κ3) is 6.11. The van der Waals surface area contributed by atoms with Gasteiger partial charge in [-0.3, -0.25) is 4.79 Å². The summed E-state index contributed by atoms with van der Waals surface area (Å²) >= 11 is 6.47. The molecule has 10 heteroatoms. The number of carbonyl (C=O) groups excluding carboxylic acids is 1. The van der Waals surface area contributed by atoms with Crippen molar-refractivity contribution in [2.24, 2.45) is 0 Å². The van der Waals surface area contributed by atoms with Crippen LogP contribution in [0.25, 0.3) is 10.9 Å². The average Bonchev–Trinajstić information content (AvgIpc) is 3.37. The molecule has 4 rings (SSSR count). The van der Waals surface area contributed by atoms with Crippen molar-refractivity contribution in [2.45, 2.75) is 32.0 Å². The van der Waals surface area contributed by atoms with Crippen molar-refractivity contribution in [1.29, 1.82) is 0 Å². The zero-order chi connectivity index (χ0) is 24.8. The van der Waals surface area contributed by atoms with Gasteiger partial charge in [-0.05, 0) is 50.1 Å². The van der Waals surface area contributed by atoms with Crippen molar-refractivity contribution in [3.05, 3.63) is 47.7 Å². The molecular formula is C25H29ClN4O5. The van der Waals surface area contributed by atoms with Crippen molar-refractivity contribution < 1.29 is 24.1 Å². The van der Waals surface area contributed by atoms with E-state index >= 15 is 0 Å². The molecule has 1 saturated heterocycles. The van der Waals surface area contributed by atoms with Crippen LogP contribution in [0.1, 0.15) is 19.8 Å². The highest BCUT2D eigenvalue weighted by Gasteiger charge is 2.21. The first-order chi connectivity index (χ1) is 17.0. The van der Waals surface area contributed by atoms with E-state index < -0.39 is 6.10 Å². The van der Waals surface area contributed by atoms with Crippen LogP contribution in [0.5, 0.6) is 11.5 Å². The Hall–Kier alpha value is -3.14. The summed E-state index contributed by atoms with van der Waals surface area (Å²) in [5.74, 6) is 1.32. The topological polar surface area (TPSA) is 106 Å². The first-order valence-corrected chi connectivity index (χ1v) is 11.9. The fourth-order valence-electron chi connectivity index (χ4n) is 3.87. The molecule has 0 spiro atoms. The highest BCUT2D eigenvalue weighted by Crippen LogP contribution is 2.34. The largest absolute Gasteiger partial charge is 0.489 e. The number of nitrogens with zero attached hydrogens (tertiary/aromatic N) is 3. The zero-order valence-corrected chi connectivity index (χ0v) is 20.5. The fraction of sp³-hybridized carbons (Fsp3) is 0.400. The molecular weight excluding hydrogens is 472 g/mol. The molecule has 2 N–H and O–H groups in total. The Labute approximate surface area is 209 Å². The smallest absolute Gasteiger partial charge is 0.263 e. The van der Waals surface area contributed by atoms with Gasteiger partial charge in [-0.2, -0.15) is 0 Å². The molecule has 1 amide bonds. The molecule has 1 unspecified atom stereocenters. The molecule has 1 aliphatic heterocycles. The van der Waals surface area contributed by atoms with E-state index in [0.717, 1.165) is 19.4 Å². The van der Waals surface area contributed by atoms with E-state index in [1.54, 1.807) is 38.2 Å². The summed E-state index contributed by atoms with van der Waals surface area (Å²) in [6.07, 6.45) is 2.84. The lowest BCUT2D eigenvalue weighted by molar-refractivity contribution is -0.136. The van der Waals surface area contributed by atoms with Crippen LogP contribution in [0.4, 0.5) is 11.5 Å². The monoisotopic (exact) mass is 500 g/mol. The molecule has 9 nitrogen and oxygen atoms in total. The van der Waals surface area contributed by atoms with Crippen molar-refractivity contribution in [2.75, 3.05) is 38.7 Å². The van der Waals surface area contributed by atoms with Crippen molar-refractivity contribution in [1.82, 2.24) is 14.9 Å². The molecule has 0 aliphatic carbocycles. The number of amides is 1. The Morgan fingerprint density at radius 2 is 2.17 bits per heavy atom. The number of rotatable bonds is 10. The van der Waals surface area contributed by atoms with Gasteiger partial charge in [-0.1, -0.05) is 17.7 Å². The second-order valence-electron chi connectivity index (χ2n) is 8.33. The molecule has 3 aromatic rings. The lowest BCUT2D eigenvalue weighted by atomic mass is 10.2. The lowest BCUT2D eigenvalue weighted by Crippen LogP contribution is -2.39. The van der Waals surface area contributed by atoms with Crippen LogP contribution in [-0.4, -0.2) is 71.5 Å². The summed E-state index contributed by atoms with van der Waals surface area (Å²) in [6, 6.07) is 10.8. The van der Waals surface area contributed by atoms with Crippen LogP contribution in [0.2, 0.25) is 5.02 Å². The number of carbonyl (C=O) groups is 1. The molecule has 2 aromatic carbocycles. The number of ether oxygens (including phenoxy) is 3. The number of halogens is 1. The number of fused-ring (bicyclic) bond motifs is 1. The number of anilines is 2. The molecule has 1 fully saturated rings. The zero-order valence-electron chi connectivity index (χ0n) is 19.7. The van der Waals surface area contributed by atoms with Crippen molar-refractivity contribution in [3.8, 4) is 11.5 Å². The predicted molar refractivity (Wildman–Crippen MR) is 134 cm³/mol. The van der Waals surface area contributed by atoms with E-state index in [-0.39, 0.29) is 25.2 Å². The Balaban J connectivity index is 1.53. The quantitative estimate of drug-likeness (QED) is 0.433. The Kier molecular flexibility index (Phi) is 8.22. The van der Waals surface area contributed by atoms with E-state index in [0.29, 0.717) is 45.5 Å². The minimum atomic E-state index is -0.764. The van der Waals surface area contributed by atoms with Gasteiger partial charge in [0.25, 0.3) is 5.91 Å². The number of hydrogen-bond acceptors (Lipinski definition) is 8. The first-order valence-electron chi connectivity index (χ1n) is 11.5. The summed E-state index contributed by atoms with van der Waals surface area (Å²) in [7, 11) is 1.62. The number of aliphatic hydroxyl groups is 1. The molecule has 0 radical (unpaired) electrons. The third-order valence-corrected chi connectivity index (χ3v) is 6.03. The van der Waals surface area contributed by atoms with E-state index in [9.17, 15) is 4.79 Å². The maximum atomic E-state index is 12.6. The minimum absolute atomic E-state index is 0.104. The van der Waals surface area contributed by atoms with E-state index in [2.05, 4.69) is 15.3 Å². The summed E-state index contributed by atoms with van der Waals surface area (Å²) in [4.78, 5) is 22.7. The highest BCUT2D eigenvalue weighted by molar-refractivity contribution is 6.32. The molecule has 0 bridgehead atoms. The van der Waals surface area contributed by atoms with Gasteiger partial charge in [0.2, 0.25) is 0 Å². The van der Waals surface area contributed by atoms with Crippen molar-refractivity contribution >= 4 is 39.9 Å². The fourth-order valence-corrected chi connectivity index (χ4v) is 4.11. The Bertz CT molecular complexity index is 1170. The summed E-state index contributed by atoms with van der Waals surface area (Å²) in [5.41, 5.74) is 1.37. The number of aromatic nitrogens is 2. The molecule has 1 aliphatic rings. The second-order valence-corrected chi connectivity index (χ2v) is 8.74. The SMILES string of the molecule is C[C@@H](Oc1cccc2ncnc(Nc3ccc(OCC4CCCO4)c(Cl)c3)c12)C(=O)N(C)CCO. The molecule has 2 atom stereocenters. The van der Waals surface area contributed by atoms with Crippen LogP contribution < -0.4 is 14.8 Å². The number of nitrogens with one attached hydrogen (secondary N) is 1. The molecule has 1 aromatic heterocycles. The molecule has 0 saturated carbocycles. The van der Waals surface area contributed by atoms with E-state index in [4.69, 9.17) is 30.9 Å². The Morgan fingerprint density at radius 1 is 1.31 bits per heavy atom. The maximum absolute atomic E-state index is 12.6. The normalized spacial score (nSPS) is 16.2. The van der Waals surface area contributed by atoms with Crippen molar-refractivity contribution in [3.63, 3.8) is 0 Å². The summed E-state index contributed by atoms with van der Waals surface area (Å²) < 4.78 is 17.4. The van der Waals surface area contributed by atoms with Crippen LogP contribution >= 0.6 is 11.6 Å². The third-order valence-electron chi connectivity index (χ3n) is 5.73. The van der Waals surface area contributed by atoms with Gasteiger partial charge in [-0.15, -0.1) is 0 Å². The van der Waals surface area contributed by atoms with E-state index in [1.807, 2.05) is 12.1 Å². The second kappa shape index (κ2) is 11.5. The lowest BCUT2D eigenvalue weighted by Gasteiger charge is -2.22. The minimum Gasteiger partial charge on any atom is -0.489 e. The van der Waals surface area contributed by atoms with Gasteiger partial charge in [0.15, 0.2) is 6.10 Å². The predicted octanol–water partition coefficient (Wildman–Crippen LogP) is 3.80. The standard InChI is InChI=1S/C25H29ClN4O5/c1-16(25(32)30(2)10-11-31)35-22-7-3-6-20-23(22)24(28-15-27-20)29-17-8-9-21(19(26)13-17)34-14-18-5-4-12-33-18/h3,6-9,13,15-16,18,31H,4-5,10-12,14H2,1-2H3,(H,27,28,29)/t16-,18?/m1/s1. The molecule has 35 heavy (non-hydrogen) atoms. The Morgan fingerprint density at radius 3 is 2.91 bits per heavy atom. The molecule has 2 heterocycles. The first kappa shape index (κ1) is 25.0. The maximum Gasteiger partial charge on any atom is 0.263 e. The summed E-state index contributed by atoms with van der Waals surface area (Å²) in [6.45, 7) is 3.02. The van der Waals surface area contributed by atoms with Crippen LogP contribution in [0, 0.1) is 0 Å².